The summed E-state index contributed by atoms with van der Waals surface area (Å²) in [6, 6.07) is 10.1. The van der Waals surface area contributed by atoms with Crippen molar-refractivity contribution in [1.82, 2.24) is 0 Å². The van der Waals surface area contributed by atoms with E-state index in [-0.39, 0.29) is 5.82 Å². The Kier molecular flexibility index (Phi) is 7.69. The fraction of sp³-hybridized carbons (Fsp3) is 0.586. The highest BCUT2D eigenvalue weighted by atomic mass is 19.1. The van der Waals surface area contributed by atoms with Crippen LogP contribution in [0.4, 0.5) is 4.39 Å². The Morgan fingerprint density at radius 3 is 2.32 bits per heavy atom. The third-order valence-electron chi connectivity index (χ3n) is 8.01. The molecule has 2 fully saturated rings. The molecular weight excluding hydrogens is 383 g/mol. The molecule has 0 saturated heterocycles. The van der Waals surface area contributed by atoms with Crippen molar-refractivity contribution >= 4 is 10.8 Å². The van der Waals surface area contributed by atoms with Crippen LogP contribution in [0.25, 0.3) is 10.8 Å². The average molecular weight is 423 g/mol. The van der Waals surface area contributed by atoms with Gasteiger partial charge in [0.2, 0.25) is 0 Å². The monoisotopic (exact) mass is 422 g/mol. The van der Waals surface area contributed by atoms with E-state index in [0.29, 0.717) is 23.7 Å². The van der Waals surface area contributed by atoms with Crippen LogP contribution in [-0.2, 0) is 0 Å². The Morgan fingerprint density at radius 1 is 0.935 bits per heavy atom. The highest BCUT2D eigenvalue weighted by Crippen LogP contribution is 2.45. The number of ether oxygens (including phenoxy) is 1. The zero-order chi connectivity index (χ0) is 21.6. The van der Waals surface area contributed by atoms with Crippen LogP contribution in [-0.4, -0.2) is 6.61 Å². The summed E-state index contributed by atoms with van der Waals surface area (Å²) in [5.74, 6) is 3.65. The maximum Gasteiger partial charge on any atom is 0.172 e. The first-order valence-corrected chi connectivity index (χ1v) is 12.7. The van der Waals surface area contributed by atoms with Crippen LogP contribution in [0, 0.1) is 23.6 Å². The van der Waals surface area contributed by atoms with Crippen LogP contribution in [0.3, 0.4) is 0 Å². The van der Waals surface area contributed by atoms with Crippen molar-refractivity contribution in [2.75, 3.05) is 6.61 Å². The molecule has 0 aromatic heterocycles. The molecular formula is C29H39FO. The van der Waals surface area contributed by atoms with Crippen molar-refractivity contribution in [2.45, 2.75) is 84.0 Å². The maximum absolute atomic E-state index is 14.9. The van der Waals surface area contributed by atoms with E-state index in [9.17, 15) is 4.39 Å². The number of hydrogen-bond acceptors (Lipinski definition) is 1. The molecule has 0 radical (unpaired) electrons. The molecule has 2 aliphatic rings. The molecule has 0 unspecified atom stereocenters. The molecule has 0 atom stereocenters. The van der Waals surface area contributed by atoms with E-state index >= 15 is 0 Å². The molecule has 0 heterocycles. The molecule has 168 valence electrons. The summed E-state index contributed by atoms with van der Waals surface area (Å²) in [5.41, 5.74) is 1.39. The highest BCUT2D eigenvalue weighted by molar-refractivity contribution is 5.85. The third kappa shape index (κ3) is 5.33. The van der Waals surface area contributed by atoms with Gasteiger partial charge in [0, 0.05) is 5.39 Å². The molecule has 4 rings (SSSR count). The molecule has 2 aromatic carbocycles. The fourth-order valence-corrected chi connectivity index (χ4v) is 6.17. The summed E-state index contributed by atoms with van der Waals surface area (Å²) >= 11 is 0. The van der Waals surface area contributed by atoms with E-state index in [1.807, 2.05) is 31.2 Å². The first kappa shape index (κ1) is 22.4. The highest BCUT2D eigenvalue weighted by Gasteiger charge is 2.31. The van der Waals surface area contributed by atoms with Crippen molar-refractivity contribution in [3.63, 3.8) is 0 Å². The third-order valence-corrected chi connectivity index (χ3v) is 8.01. The molecule has 1 nitrogen and oxygen atoms in total. The standard InChI is InChI=1S/C29H39FO/c1-3-5-19-31-28-18-16-26-20-25(15-17-27(26)29(28)30)24-13-11-23(12-14-24)22-9-7-21(6-4-2)8-10-22/h3,5,15-18,20-24H,4,6-14,19H2,1-2H3. The van der Waals surface area contributed by atoms with Gasteiger partial charge in [0.05, 0.1) is 0 Å². The minimum Gasteiger partial charge on any atom is -0.486 e. The summed E-state index contributed by atoms with van der Waals surface area (Å²) in [6.07, 6.45) is 17.8. The molecule has 2 aliphatic carbocycles. The van der Waals surface area contributed by atoms with Gasteiger partial charge in [-0.1, -0.05) is 69.0 Å². The molecule has 0 bridgehead atoms. The summed E-state index contributed by atoms with van der Waals surface area (Å²) in [5, 5.41) is 1.66. The molecule has 2 heteroatoms. The quantitative estimate of drug-likeness (QED) is 0.405. The van der Waals surface area contributed by atoms with Crippen LogP contribution in [0.1, 0.15) is 89.5 Å². The smallest absolute Gasteiger partial charge is 0.172 e. The Bertz CT molecular complexity index is 870. The maximum atomic E-state index is 14.9. The number of benzene rings is 2. The Hall–Kier alpha value is -1.83. The lowest BCUT2D eigenvalue weighted by molar-refractivity contribution is 0.156. The van der Waals surface area contributed by atoms with Crippen LogP contribution in [0.2, 0.25) is 0 Å². The van der Waals surface area contributed by atoms with Crippen LogP contribution >= 0.6 is 0 Å². The first-order chi connectivity index (χ1) is 15.2. The Labute approximate surface area is 188 Å². The van der Waals surface area contributed by atoms with Gasteiger partial charge in [-0.25, -0.2) is 4.39 Å². The molecule has 0 spiro atoms. The Morgan fingerprint density at radius 2 is 1.65 bits per heavy atom. The van der Waals surface area contributed by atoms with E-state index in [1.165, 1.54) is 69.8 Å². The zero-order valence-electron chi connectivity index (χ0n) is 19.4. The lowest BCUT2D eigenvalue weighted by Crippen LogP contribution is -2.25. The lowest BCUT2D eigenvalue weighted by Gasteiger charge is -2.38. The minimum atomic E-state index is -0.240. The normalized spacial score (nSPS) is 27.1. The second kappa shape index (κ2) is 10.7. The summed E-state index contributed by atoms with van der Waals surface area (Å²) < 4.78 is 20.4. The van der Waals surface area contributed by atoms with Gasteiger partial charge in [-0.3, -0.25) is 0 Å². The Balaban J connectivity index is 1.36. The number of rotatable bonds is 7. The topological polar surface area (TPSA) is 9.23 Å². The van der Waals surface area contributed by atoms with Gasteiger partial charge in [-0.05, 0) is 86.1 Å². The van der Waals surface area contributed by atoms with Gasteiger partial charge in [-0.2, -0.15) is 0 Å². The van der Waals surface area contributed by atoms with E-state index in [1.54, 1.807) is 6.07 Å². The zero-order valence-corrected chi connectivity index (χ0v) is 19.4. The van der Waals surface area contributed by atoms with Crippen molar-refractivity contribution in [1.29, 1.82) is 0 Å². The van der Waals surface area contributed by atoms with Gasteiger partial charge in [0.15, 0.2) is 11.6 Å². The minimum absolute atomic E-state index is 0.240. The van der Waals surface area contributed by atoms with Gasteiger partial charge >= 0.3 is 0 Å². The molecule has 2 aromatic rings. The van der Waals surface area contributed by atoms with Crippen molar-refractivity contribution in [3.8, 4) is 5.75 Å². The fourth-order valence-electron chi connectivity index (χ4n) is 6.17. The van der Waals surface area contributed by atoms with Crippen molar-refractivity contribution in [3.05, 3.63) is 53.9 Å². The van der Waals surface area contributed by atoms with Crippen LogP contribution in [0.15, 0.2) is 42.5 Å². The van der Waals surface area contributed by atoms with E-state index < -0.39 is 0 Å². The molecule has 0 N–H and O–H groups in total. The summed E-state index contributed by atoms with van der Waals surface area (Å²) in [7, 11) is 0. The molecule has 0 amide bonds. The summed E-state index contributed by atoms with van der Waals surface area (Å²) in [4.78, 5) is 0. The van der Waals surface area contributed by atoms with Crippen molar-refractivity contribution < 1.29 is 9.13 Å². The first-order valence-electron chi connectivity index (χ1n) is 12.7. The summed E-state index contributed by atoms with van der Waals surface area (Å²) in [6.45, 7) is 4.67. The predicted octanol–water partition coefficient (Wildman–Crippen LogP) is 8.81. The predicted molar refractivity (Wildman–Crippen MR) is 129 cm³/mol. The number of halogens is 1. The lowest BCUT2D eigenvalue weighted by atomic mass is 9.68. The molecule has 31 heavy (non-hydrogen) atoms. The van der Waals surface area contributed by atoms with Gasteiger partial charge < -0.3 is 4.74 Å². The van der Waals surface area contributed by atoms with Gasteiger partial charge in [0.25, 0.3) is 0 Å². The van der Waals surface area contributed by atoms with E-state index in [2.05, 4.69) is 19.1 Å². The molecule has 0 aliphatic heterocycles. The van der Waals surface area contributed by atoms with Crippen LogP contribution < -0.4 is 4.74 Å². The van der Waals surface area contributed by atoms with Gasteiger partial charge in [0.1, 0.15) is 6.61 Å². The molecule has 2 saturated carbocycles. The van der Waals surface area contributed by atoms with Crippen LogP contribution in [0.5, 0.6) is 5.75 Å². The average Bonchev–Trinajstić information content (AvgIpc) is 2.81. The second-order valence-electron chi connectivity index (χ2n) is 9.92. The number of fused-ring (bicyclic) bond motifs is 1. The second-order valence-corrected chi connectivity index (χ2v) is 9.92. The van der Waals surface area contributed by atoms with E-state index in [0.717, 1.165) is 23.1 Å². The SMILES string of the molecule is CC=CCOc1ccc2cc(C3CCC(C4CCC(CCC)CC4)CC3)ccc2c1F. The van der Waals surface area contributed by atoms with Gasteiger partial charge in [-0.15, -0.1) is 0 Å². The largest absolute Gasteiger partial charge is 0.486 e. The van der Waals surface area contributed by atoms with E-state index in [4.69, 9.17) is 4.74 Å². The van der Waals surface area contributed by atoms with Crippen molar-refractivity contribution in [2.24, 2.45) is 17.8 Å². The number of hydrogen-bond donors (Lipinski definition) is 0. The number of allylic oxidation sites excluding steroid dienone is 1.